The van der Waals surface area contributed by atoms with Gasteiger partial charge in [0, 0.05) is 30.2 Å². The molecule has 2 aromatic carbocycles. The minimum absolute atomic E-state index is 0.188. The monoisotopic (exact) mass is 630 g/mol. The number of carbonyl (C=O) groups is 2. The summed E-state index contributed by atoms with van der Waals surface area (Å²) in [5, 5.41) is 11.1. The molecule has 240 valence electrons. The Kier molecular flexibility index (Phi) is 9.51. The summed E-state index contributed by atoms with van der Waals surface area (Å²) in [4.78, 5) is 28.4. The maximum absolute atomic E-state index is 13.8. The summed E-state index contributed by atoms with van der Waals surface area (Å²) in [7, 11) is -2.54. The number of likely N-dealkylation sites (tertiary alicyclic amines) is 1. The van der Waals surface area contributed by atoms with Gasteiger partial charge in [-0.25, -0.2) is 14.2 Å². The summed E-state index contributed by atoms with van der Waals surface area (Å²) >= 11 is 0. The van der Waals surface area contributed by atoms with Gasteiger partial charge < -0.3 is 24.2 Å². The molecule has 1 fully saturated rings. The van der Waals surface area contributed by atoms with Crippen LogP contribution in [0, 0.1) is 0 Å². The predicted octanol–water partition coefficient (Wildman–Crippen LogP) is 6.28. The topological polar surface area (TPSA) is 134 Å². The van der Waals surface area contributed by atoms with E-state index in [2.05, 4.69) is 0 Å². The number of aliphatic hydroxyl groups excluding tert-OH is 1. The van der Waals surface area contributed by atoms with Crippen molar-refractivity contribution in [3.8, 4) is 11.3 Å². The number of carbonyl (C=O) groups excluding carboxylic acids is 2. The average Bonchev–Trinajstić information content (AvgIpc) is 3.52. The molecule has 12 heteroatoms. The van der Waals surface area contributed by atoms with E-state index >= 15 is 0 Å². The first-order valence-corrected chi connectivity index (χ1v) is 16.3. The highest BCUT2D eigenvalue weighted by atomic mass is 32.2. The summed E-state index contributed by atoms with van der Waals surface area (Å²) in [5.74, 6) is 0. The van der Waals surface area contributed by atoms with Gasteiger partial charge in [-0.05, 0) is 71.6 Å². The fraction of sp³-hybridized carbons (Fsp3) is 0.500. The molecule has 1 saturated heterocycles. The maximum Gasteiger partial charge on any atom is 0.419 e. The van der Waals surface area contributed by atoms with Crippen molar-refractivity contribution in [3.05, 3.63) is 59.2 Å². The van der Waals surface area contributed by atoms with Crippen LogP contribution in [0.3, 0.4) is 0 Å². The first kappa shape index (κ1) is 33.4. The van der Waals surface area contributed by atoms with E-state index in [0.29, 0.717) is 39.8 Å². The van der Waals surface area contributed by atoms with Crippen LogP contribution in [-0.2, 0) is 35.1 Å². The van der Waals surface area contributed by atoms with E-state index in [0.717, 1.165) is 24.7 Å². The zero-order valence-corrected chi connectivity index (χ0v) is 27.4. The minimum atomic E-state index is -3.88. The van der Waals surface area contributed by atoms with Crippen molar-refractivity contribution in [1.82, 2.24) is 9.47 Å². The van der Waals surface area contributed by atoms with Crippen LogP contribution in [0.1, 0.15) is 83.4 Å². The fourth-order valence-electron chi connectivity index (χ4n) is 5.40. The Morgan fingerprint density at radius 2 is 1.59 bits per heavy atom. The lowest BCUT2D eigenvalue weighted by atomic mass is 9.99. The van der Waals surface area contributed by atoms with Crippen molar-refractivity contribution in [2.75, 3.05) is 19.9 Å². The molecule has 0 saturated carbocycles. The van der Waals surface area contributed by atoms with Crippen LogP contribution in [0.25, 0.3) is 22.2 Å². The Morgan fingerprint density at radius 1 is 0.977 bits per heavy atom. The number of nitrogens with zero attached hydrogens (tertiary/aromatic N) is 2. The SMILES string of the molecule is COC(O)c1cccc2c1c(COS(C)(=O)=O)c(-c1ccc(C3CCCN3C(=O)OC(C)(C)C)cc1)n2C(=O)OC(C)(C)C. The van der Waals surface area contributed by atoms with E-state index in [1.807, 2.05) is 45.0 Å². The number of aliphatic hydroxyl groups is 1. The van der Waals surface area contributed by atoms with Gasteiger partial charge in [-0.2, -0.15) is 8.42 Å². The number of hydrogen-bond donors (Lipinski definition) is 1. The second-order valence-electron chi connectivity index (χ2n) is 12.9. The summed E-state index contributed by atoms with van der Waals surface area (Å²) in [6, 6.07) is 12.2. The number of amides is 1. The number of hydrogen-bond acceptors (Lipinski definition) is 9. The number of methoxy groups -OCH3 is 1. The zero-order chi connectivity index (χ0) is 32.6. The molecule has 1 aliphatic rings. The standard InChI is InChI=1S/C32H42N2O9S/c1-31(2,3)42-29(36)33-18-10-13-24(33)20-14-16-21(17-15-20)27-23(19-41-44(8,38)39)26-22(28(35)40-7)11-9-12-25(26)34(27)30(37)43-32(4,5)6/h9,11-12,14-17,24,28,35H,10,13,18-19H2,1-8H3. The van der Waals surface area contributed by atoms with Crippen LogP contribution in [-0.4, -0.2) is 66.3 Å². The van der Waals surface area contributed by atoms with Gasteiger partial charge in [0.2, 0.25) is 0 Å². The molecule has 2 unspecified atom stereocenters. The minimum Gasteiger partial charge on any atom is -0.444 e. The highest BCUT2D eigenvalue weighted by Crippen LogP contribution is 2.40. The lowest BCUT2D eigenvalue weighted by molar-refractivity contribution is -0.0759. The third-order valence-electron chi connectivity index (χ3n) is 7.06. The second-order valence-corrected chi connectivity index (χ2v) is 14.5. The third kappa shape index (κ3) is 7.60. The van der Waals surface area contributed by atoms with E-state index in [4.69, 9.17) is 18.4 Å². The number of rotatable bonds is 7. The Labute approximate surface area is 258 Å². The lowest BCUT2D eigenvalue weighted by Gasteiger charge is -2.29. The quantitative estimate of drug-likeness (QED) is 0.237. The molecule has 1 amide bonds. The molecule has 0 aliphatic carbocycles. The van der Waals surface area contributed by atoms with Gasteiger partial charge in [-0.15, -0.1) is 0 Å². The molecule has 4 rings (SSSR count). The van der Waals surface area contributed by atoms with Gasteiger partial charge >= 0.3 is 12.2 Å². The molecule has 44 heavy (non-hydrogen) atoms. The van der Waals surface area contributed by atoms with Crippen LogP contribution in [0.15, 0.2) is 42.5 Å². The van der Waals surface area contributed by atoms with Crippen molar-refractivity contribution in [2.45, 2.75) is 84.5 Å². The smallest absolute Gasteiger partial charge is 0.419 e. The Bertz CT molecular complexity index is 1630. The molecule has 11 nitrogen and oxygen atoms in total. The van der Waals surface area contributed by atoms with Crippen molar-refractivity contribution in [2.24, 2.45) is 0 Å². The largest absolute Gasteiger partial charge is 0.444 e. The van der Waals surface area contributed by atoms with Crippen molar-refractivity contribution < 1.29 is 41.5 Å². The van der Waals surface area contributed by atoms with E-state index in [9.17, 15) is 23.1 Å². The summed E-state index contributed by atoms with van der Waals surface area (Å²) < 4.78 is 47.5. The van der Waals surface area contributed by atoms with Gasteiger partial charge in [-0.3, -0.25) is 4.18 Å². The van der Waals surface area contributed by atoms with Crippen molar-refractivity contribution in [1.29, 1.82) is 0 Å². The lowest BCUT2D eigenvalue weighted by Crippen LogP contribution is -2.36. The summed E-state index contributed by atoms with van der Waals surface area (Å²) in [6.07, 6.45) is 0.110. The van der Waals surface area contributed by atoms with Crippen molar-refractivity contribution >= 4 is 33.2 Å². The number of benzene rings is 2. The zero-order valence-electron chi connectivity index (χ0n) is 26.5. The van der Waals surface area contributed by atoms with Gasteiger partial charge in [0.15, 0.2) is 6.29 Å². The Morgan fingerprint density at radius 3 is 2.16 bits per heavy atom. The van der Waals surface area contributed by atoms with E-state index in [1.54, 1.807) is 43.9 Å². The van der Waals surface area contributed by atoms with Crippen molar-refractivity contribution in [3.63, 3.8) is 0 Å². The number of fused-ring (bicyclic) bond motifs is 1. The molecule has 2 atom stereocenters. The highest BCUT2D eigenvalue weighted by molar-refractivity contribution is 7.85. The predicted molar refractivity (Wildman–Crippen MR) is 166 cm³/mol. The molecule has 1 aliphatic heterocycles. The summed E-state index contributed by atoms with van der Waals surface area (Å²) in [6.45, 7) is 10.9. The normalized spacial score (nSPS) is 16.8. The van der Waals surface area contributed by atoms with E-state index in [1.165, 1.54) is 11.7 Å². The second kappa shape index (κ2) is 12.5. The number of ether oxygens (including phenoxy) is 3. The molecule has 0 bridgehead atoms. The third-order valence-corrected chi connectivity index (χ3v) is 7.61. The van der Waals surface area contributed by atoms with Crippen LogP contribution < -0.4 is 0 Å². The molecular weight excluding hydrogens is 588 g/mol. The van der Waals surface area contributed by atoms with Crippen LogP contribution in [0.5, 0.6) is 0 Å². The maximum atomic E-state index is 13.8. The van der Waals surface area contributed by atoms with E-state index in [-0.39, 0.29) is 12.1 Å². The molecule has 1 N–H and O–H groups in total. The fourth-order valence-corrected chi connectivity index (χ4v) is 5.73. The van der Waals surface area contributed by atoms with Gasteiger partial charge in [0.1, 0.15) is 11.2 Å². The van der Waals surface area contributed by atoms with Crippen LogP contribution >= 0.6 is 0 Å². The molecular formula is C32H42N2O9S. The first-order valence-electron chi connectivity index (χ1n) is 14.4. The van der Waals surface area contributed by atoms with E-state index < -0.39 is 40.3 Å². The van der Waals surface area contributed by atoms with Gasteiger partial charge in [0.05, 0.1) is 30.1 Å². The highest BCUT2D eigenvalue weighted by Gasteiger charge is 2.34. The molecule has 1 aromatic heterocycles. The summed E-state index contributed by atoms with van der Waals surface area (Å²) in [5.41, 5.74) is 1.41. The molecule has 0 radical (unpaired) electrons. The first-order chi connectivity index (χ1) is 20.4. The Hall–Kier alpha value is -3.45. The van der Waals surface area contributed by atoms with Crippen LogP contribution in [0.2, 0.25) is 0 Å². The number of aromatic nitrogens is 1. The van der Waals surface area contributed by atoms with Gasteiger partial charge in [0.25, 0.3) is 10.1 Å². The molecule has 0 spiro atoms. The average molecular weight is 631 g/mol. The molecule has 3 aromatic rings. The van der Waals surface area contributed by atoms with Gasteiger partial charge in [-0.1, -0.05) is 36.4 Å². The molecule has 2 heterocycles. The van der Waals surface area contributed by atoms with Crippen LogP contribution in [0.4, 0.5) is 9.59 Å². The Balaban J connectivity index is 1.90.